The van der Waals surface area contributed by atoms with Crippen molar-refractivity contribution in [3.63, 3.8) is 0 Å². The lowest BCUT2D eigenvalue weighted by atomic mass is 10.2. The molecular weight excluding hydrogens is 258 g/mol. The summed E-state index contributed by atoms with van der Waals surface area (Å²) in [5, 5.41) is 0.889. The number of aromatic nitrogens is 2. The topological polar surface area (TPSA) is 46.1 Å². The molecule has 0 radical (unpaired) electrons. The molecule has 0 bridgehead atoms. The van der Waals surface area contributed by atoms with Crippen LogP contribution in [-0.4, -0.2) is 32.6 Å². The molecule has 2 rings (SSSR count). The van der Waals surface area contributed by atoms with E-state index in [9.17, 15) is 4.79 Å². The molecule has 1 saturated heterocycles. The lowest BCUT2D eigenvalue weighted by Gasteiger charge is -2.15. The van der Waals surface area contributed by atoms with E-state index in [0.29, 0.717) is 18.9 Å². The molecule has 4 nitrogen and oxygen atoms in total. The van der Waals surface area contributed by atoms with Crippen LogP contribution >= 0.6 is 15.9 Å². The maximum Gasteiger partial charge on any atom is 0.223 e. The summed E-state index contributed by atoms with van der Waals surface area (Å²) in [5.74, 6) is 0.672. The molecule has 1 aliphatic heterocycles. The Hall–Kier alpha value is -0.970. The Morgan fingerprint density at radius 1 is 1.47 bits per heavy atom. The van der Waals surface area contributed by atoms with Crippen LogP contribution in [0.5, 0.6) is 0 Å². The lowest BCUT2D eigenvalue weighted by Crippen LogP contribution is -2.24. The summed E-state index contributed by atoms with van der Waals surface area (Å²) in [5.41, 5.74) is 0.987. The minimum atomic E-state index is 0.225. The van der Waals surface area contributed by atoms with Gasteiger partial charge in [0.05, 0.1) is 0 Å². The van der Waals surface area contributed by atoms with Crippen LogP contribution in [0.3, 0.4) is 0 Å². The Morgan fingerprint density at radius 3 is 2.80 bits per heavy atom. The van der Waals surface area contributed by atoms with Crippen molar-refractivity contribution in [2.45, 2.75) is 13.0 Å². The van der Waals surface area contributed by atoms with E-state index < -0.39 is 0 Å². The van der Waals surface area contributed by atoms with Crippen molar-refractivity contribution >= 4 is 21.8 Å². The zero-order valence-corrected chi connectivity index (χ0v) is 9.85. The van der Waals surface area contributed by atoms with E-state index in [4.69, 9.17) is 0 Å². The first-order valence-corrected chi connectivity index (χ1v) is 5.99. The average Bonchev–Trinajstić information content (AvgIpc) is 2.61. The standard InChI is InChI=1S/C10H12BrN3O/c11-2-8-1-10(15)14(5-8)6-9-3-12-7-13-4-9/h3-4,7-8H,1-2,5-6H2. The van der Waals surface area contributed by atoms with Crippen LogP contribution in [0.25, 0.3) is 0 Å². The van der Waals surface area contributed by atoms with E-state index >= 15 is 0 Å². The SMILES string of the molecule is O=C1CC(CBr)CN1Cc1cncnc1. The Balaban J connectivity index is 1.99. The van der Waals surface area contributed by atoms with Gasteiger partial charge in [0.2, 0.25) is 5.91 Å². The van der Waals surface area contributed by atoms with Crippen molar-refractivity contribution in [2.75, 3.05) is 11.9 Å². The van der Waals surface area contributed by atoms with Gasteiger partial charge < -0.3 is 4.90 Å². The third-order valence-corrected chi connectivity index (χ3v) is 3.42. The molecule has 0 saturated carbocycles. The van der Waals surface area contributed by atoms with E-state index in [1.165, 1.54) is 6.33 Å². The highest BCUT2D eigenvalue weighted by molar-refractivity contribution is 9.09. The number of alkyl halides is 1. The number of amides is 1. The lowest BCUT2D eigenvalue weighted by molar-refractivity contribution is -0.128. The monoisotopic (exact) mass is 269 g/mol. The van der Waals surface area contributed by atoms with Gasteiger partial charge in [-0.3, -0.25) is 4.79 Å². The molecule has 5 heteroatoms. The summed E-state index contributed by atoms with van der Waals surface area (Å²) in [6.45, 7) is 1.46. The average molecular weight is 270 g/mol. The second-order valence-electron chi connectivity index (χ2n) is 3.75. The summed E-state index contributed by atoms with van der Waals surface area (Å²) in [6.07, 6.45) is 5.65. The van der Waals surface area contributed by atoms with E-state index in [-0.39, 0.29) is 5.91 Å². The normalized spacial score (nSPS) is 21.0. The molecule has 1 fully saturated rings. The minimum Gasteiger partial charge on any atom is -0.338 e. The first kappa shape index (κ1) is 10.5. The van der Waals surface area contributed by atoms with Gasteiger partial charge in [-0.25, -0.2) is 9.97 Å². The number of hydrogen-bond acceptors (Lipinski definition) is 3. The molecule has 15 heavy (non-hydrogen) atoms. The van der Waals surface area contributed by atoms with Crippen molar-refractivity contribution < 1.29 is 4.79 Å². The van der Waals surface area contributed by atoms with Crippen LogP contribution in [0.4, 0.5) is 0 Å². The maximum atomic E-state index is 11.6. The van der Waals surface area contributed by atoms with Crippen LogP contribution in [-0.2, 0) is 11.3 Å². The zero-order valence-electron chi connectivity index (χ0n) is 8.27. The second-order valence-corrected chi connectivity index (χ2v) is 4.39. The van der Waals surface area contributed by atoms with Gasteiger partial charge in [0.15, 0.2) is 0 Å². The summed E-state index contributed by atoms with van der Waals surface area (Å²) >= 11 is 3.41. The van der Waals surface area contributed by atoms with E-state index in [1.54, 1.807) is 12.4 Å². The van der Waals surface area contributed by atoms with Gasteiger partial charge in [-0.1, -0.05) is 15.9 Å². The van der Waals surface area contributed by atoms with E-state index in [1.807, 2.05) is 4.90 Å². The van der Waals surface area contributed by atoms with Crippen LogP contribution in [0.15, 0.2) is 18.7 Å². The number of halogens is 1. The molecule has 1 atom stereocenters. The van der Waals surface area contributed by atoms with Crippen LogP contribution < -0.4 is 0 Å². The van der Waals surface area contributed by atoms with Crippen molar-refractivity contribution in [3.8, 4) is 0 Å². The van der Waals surface area contributed by atoms with Gasteiger partial charge in [-0.2, -0.15) is 0 Å². The van der Waals surface area contributed by atoms with Gasteiger partial charge in [0.1, 0.15) is 6.33 Å². The first-order valence-electron chi connectivity index (χ1n) is 4.87. The maximum absolute atomic E-state index is 11.6. The number of carbonyl (C=O) groups excluding carboxylic acids is 1. The molecular formula is C10H12BrN3O. The minimum absolute atomic E-state index is 0.225. The summed E-state index contributed by atoms with van der Waals surface area (Å²) < 4.78 is 0. The van der Waals surface area contributed by atoms with Crippen LogP contribution in [0, 0.1) is 5.92 Å². The fourth-order valence-electron chi connectivity index (χ4n) is 1.74. The highest BCUT2D eigenvalue weighted by atomic mass is 79.9. The predicted octanol–water partition coefficient (Wildman–Crippen LogP) is 1.22. The molecule has 80 valence electrons. The third-order valence-electron chi connectivity index (χ3n) is 2.50. The van der Waals surface area contributed by atoms with Gasteiger partial charge >= 0.3 is 0 Å². The van der Waals surface area contributed by atoms with Crippen molar-refractivity contribution in [2.24, 2.45) is 5.92 Å². The molecule has 0 aliphatic carbocycles. The van der Waals surface area contributed by atoms with E-state index in [0.717, 1.165) is 17.4 Å². The summed E-state index contributed by atoms with van der Waals surface area (Å²) in [4.78, 5) is 21.3. The Bertz CT molecular complexity index is 344. The molecule has 0 aromatic carbocycles. The molecule has 1 unspecified atom stereocenters. The fraction of sp³-hybridized carbons (Fsp3) is 0.500. The highest BCUT2D eigenvalue weighted by Gasteiger charge is 2.28. The Labute approximate surface area is 96.8 Å². The fourth-order valence-corrected chi connectivity index (χ4v) is 2.18. The number of carbonyl (C=O) groups is 1. The number of hydrogen-bond donors (Lipinski definition) is 0. The van der Waals surface area contributed by atoms with Crippen LogP contribution in [0.1, 0.15) is 12.0 Å². The number of likely N-dealkylation sites (tertiary alicyclic amines) is 1. The van der Waals surface area contributed by atoms with Crippen molar-refractivity contribution in [3.05, 3.63) is 24.3 Å². The number of rotatable bonds is 3. The van der Waals surface area contributed by atoms with Gasteiger partial charge in [-0.15, -0.1) is 0 Å². The second kappa shape index (κ2) is 4.70. The Morgan fingerprint density at radius 2 is 2.20 bits per heavy atom. The van der Waals surface area contributed by atoms with Gasteiger partial charge in [0.25, 0.3) is 0 Å². The van der Waals surface area contributed by atoms with Gasteiger partial charge in [-0.05, 0) is 5.92 Å². The van der Waals surface area contributed by atoms with Crippen LogP contribution in [0.2, 0.25) is 0 Å². The van der Waals surface area contributed by atoms with Gasteiger partial charge in [0, 0.05) is 42.8 Å². The zero-order chi connectivity index (χ0) is 10.7. The summed E-state index contributed by atoms with van der Waals surface area (Å²) in [7, 11) is 0. The predicted molar refractivity (Wildman–Crippen MR) is 59.4 cm³/mol. The smallest absolute Gasteiger partial charge is 0.223 e. The molecule has 1 aromatic rings. The molecule has 2 heterocycles. The first-order chi connectivity index (χ1) is 7.29. The van der Waals surface area contributed by atoms with Crippen molar-refractivity contribution in [1.29, 1.82) is 0 Å². The molecule has 0 spiro atoms. The largest absolute Gasteiger partial charge is 0.338 e. The molecule has 0 N–H and O–H groups in total. The quantitative estimate of drug-likeness (QED) is 0.776. The molecule has 1 amide bonds. The number of nitrogens with zero attached hydrogens (tertiary/aromatic N) is 3. The Kier molecular flexibility index (Phi) is 3.30. The van der Waals surface area contributed by atoms with Crippen molar-refractivity contribution in [1.82, 2.24) is 14.9 Å². The van der Waals surface area contributed by atoms with E-state index in [2.05, 4.69) is 25.9 Å². The third kappa shape index (κ3) is 2.53. The highest BCUT2D eigenvalue weighted by Crippen LogP contribution is 2.21. The molecule has 1 aromatic heterocycles. The molecule has 1 aliphatic rings. The summed E-state index contributed by atoms with van der Waals surface area (Å²) in [6, 6.07) is 0.